The lowest BCUT2D eigenvalue weighted by atomic mass is 10.2. The highest BCUT2D eigenvalue weighted by Gasteiger charge is 2.24. The van der Waals surface area contributed by atoms with Crippen LogP contribution in [0.15, 0.2) is 18.3 Å². The molecule has 0 saturated heterocycles. The Morgan fingerprint density at radius 3 is 2.84 bits per heavy atom. The van der Waals surface area contributed by atoms with Gasteiger partial charge in [0.1, 0.15) is 5.60 Å². The van der Waals surface area contributed by atoms with Gasteiger partial charge in [0.05, 0.1) is 0 Å². The molecule has 104 valence electrons. The summed E-state index contributed by atoms with van der Waals surface area (Å²) in [5.74, 6) is 0.638. The summed E-state index contributed by atoms with van der Waals surface area (Å²) in [4.78, 5) is 15.8. The van der Waals surface area contributed by atoms with Crippen LogP contribution in [0.25, 0.3) is 0 Å². The molecule has 1 aromatic rings. The first-order valence-corrected chi connectivity index (χ1v) is 6.61. The van der Waals surface area contributed by atoms with Gasteiger partial charge in [0, 0.05) is 24.4 Å². The zero-order valence-electron chi connectivity index (χ0n) is 11.7. The molecule has 5 nitrogen and oxygen atoms in total. The Morgan fingerprint density at radius 2 is 2.21 bits per heavy atom. The van der Waals surface area contributed by atoms with Crippen molar-refractivity contribution in [3.63, 3.8) is 0 Å². The molecule has 0 aliphatic heterocycles. The molecule has 1 aromatic heterocycles. The van der Waals surface area contributed by atoms with Crippen LogP contribution in [0.3, 0.4) is 0 Å². The molecule has 2 rings (SSSR count). The van der Waals surface area contributed by atoms with Crippen LogP contribution in [0.1, 0.15) is 50.8 Å². The molecule has 1 amide bonds. The molecule has 5 heteroatoms. The van der Waals surface area contributed by atoms with Crippen LogP contribution in [0, 0.1) is 0 Å². The van der Waals surface area contributed by atoms with E-state index in [9.17, 15) is 4.79 Å². The van der Waals surface area contributed by atoms with E-state index in [1.807, 2.05) is 33.0 Å². The number of carbonyl (C=O) groups excluding carboxylic acids is 1. The monoisotopic (exact) mass is 263 g/mol. The van der Waals surface area contributed by atoms with E-state index in [1.165, 1.54) is 12.8 Å². The first-order chi connectivity index (χ1) is 8.94. The van der Waals surface area contributed by atoms with E-state index in [4.69, 9.17) is 4.74 Å². The number of hydrogen-bond acceptors (Lipinski definition) is 4. The van der Waals surface area contributed by atoms with Crippen LogP contribution in [0.5, 0.6) is 0 Å². The van der Waals surface area contributed by atoms with E-state index in [1.54, 1.807) is 0 Å². The fraction of sp³-hybridized carbons (Fsp3) is 0.571. The van der Waals surface area contributed by atoms with Crippen molar-refractivity contribution in [2.45, 2.75) is 51.7 Å². The van der Waals surface area contributed by atoms with Crippen LogP contribution in [0.2, 0.25) is 0 Å². The van der Waals surface area contributed by atoms with Crippen LogP contribution in [-0.2, 0) is 11.3 Å². The van der Waals surface area contributed by atoms with E-state index >= 15 is 0 Å². The fourth-order valence-corrected chi connectivity index (χ4v) is 1.73. The van der Waals surface area contributed by atoms with Gasteiger partial charge in [-0.25, -0.2) is 10.2 Å². The van der Waals surface area contributed by atoms with Crippen molar-refractivity contribution in [1.82, 2.24) is 15.8 Å². The number of aromatic nitrogens is 1. The summed E-state index contributed by atoms with van der Waals surface area (Å²) in [6, 6.07) is 4.02. The van der Waals surface area contributed by atoms with E-state index in [0.29, 0.717) is 12.5 Å². The number of nitrogens with one attached hydrogen (secondary N) is 2. The molecule has 1 heterocycles. The Hall–Kier alpha value is -1.62. The SMILES string of the molecule is CC(C)(C)OC(=O)NNCc1ccnc(C2CC2)c1. The van der Waals surface area contributed by atoms with Gasteiger partial charge in [-0.2, -0.15) is 0 Å². The number of hydrogen-bond donors (Lipinski definition) is 2. The second-order valence-electron chi connectivity index (χ2n) is 5.84. The Balaban J connectivity index is 1.76. The molecule has 19 heavy (non-hydrogen) atoms. The molecule has 0 radical (unpaired) electrons. The topological polar surface area (TPSA) is 63.2 Å². The van der Waals surface area contributed by atoms with Gasteiger partial charge in [0.25, 0.3) is 0 Å². The summed E-state index contributed by atoms with van der Waals surface area (Å²) >= 11 is 0. The number of hydrazine groups is 1. The highest BCUT2D eigenvalue weighted by molar-refractivity contribution is 5.66. The number of ether oxygens (including phenoxy) is 1. The van der Waals surface area contributed by atoms with Crippen LogP contribution < -0.4 is 10.9 Å². The van der Waals surface area contributed by atoms with Crippen molar-refractivity contribution in [2.24, 2.45) is 0 Å². The highest BCUT2D eigenvalue weighted by Crippen LogP contribution is 2.38. The van der Waals surface area contributed by atoms with Gasteiger partial charge in [-0.15, -0.1) is 0 Å². The van der Waals surface area contributed by atoms with Crippen molar-refractivity contribution < 1.29 is 9.53 Å². The van der Waals surface area contributed by atoms with Crippen molar-refractivity contribution in [3.8, 4) is 0 Å². The third-order valence-electron chi connectivity index (χ3n) is 2.72. The Kier molecular flexibility index (Phi) is 4.04. The van der Waals surface area contributed by atoms with Crippen LogP contribution in [-0.4, -0.2) is 16.7 Å². The fourth-order valence-electron chi connectivity index (χ4n) is 1.73. The zero-order valence-corrected chi connectivity index (χ0v) is 11.7. The van der Waals surface area contributed by atoms with Crippen LogP contribution in [0.4, 0.5) is 4.79 Å². The van der Waals surface area contributed by atoms with Gasteiger partial charge in [-0.05, 0) is 51.3 Å². The molecular formula is C14H21N3O2. The van der Waals surface area contributed by atoms with Gasteiger partial charge in [-0.1, -0.05) is 0 Å². The largest absolute Gasteiger partial charge is 0.443 e. The van der Waals surface area contributed by atoms with E-state index in [0.717, 1.165) is 11.3 Å². The molecule has 1 fully saturated rings. The van der Waals surface area contributed by atoms with Crippen molar-refractivity contribution in [2.75, 3.05) is 0 Å². The molecule has 1 saturated carbocycles. The smallest absolute Gasteiger partial charge is 0.422 e. The zero-order chi connectivity index (χ0) is 13.9. The number of amides is 1. The number of rotatable bonds is 4. The minimum Gasteiger partial charge on any atom is -0.443 e. The lowest BCUT2D eigenvalue weighted by Gasteiger charge is -2.19. The molecular weight excluding hydrogens is 242 g/mol. The Morgan fingerprint density at radius 1 is 1.47 bits per heavy atom. The second-order valence-corrected chi connectivity index (χ2v) is 5.84. The van der Waals surface area contributed by atoms with E-state index in [2.05, 4.69) is 21.9 Å². The summed E-state index contributed by atoms with van der Waals surface area (Å²) in [5, 5.41) is 0. The summed E-state index contributed by atoms with van der Waals surface area (Å²) in [6.07, 6.45) is 3.82. The summed E-state index contributed by atoms with van der Waals surface area (Å²) < 4.78 is 5.12. The average Bonchev–Trinajstić information content (AvgIpc) is 3.10. The minimum atomic E-state index is -0.485. The molecule has 0 bridgehead atoms. The van der Waals surface area contributed by atoms with Crippen molar-refractivity contribution in [1.29, 1.82) is 0 Å². The second kappa shape index (κ2) is 5.57. The van der Waals surface area contributed by atoms with Crippen molar-refractivity contribution in [3.05, 3.63) is 29.6 Å². The lowest BCUT2D eigenvalue weighted by molar-refractivity contribution is 0.0497. The molecule has 0 unspecified atom stereocenters. The standard InChI is InChI=1S/C14H21N3O2/c1-14(2,3)19-13(18)17-16-9-10-6-7-15-12(8-10)11-4-5-11/h6-8,11,16H,4-5,9H2,1-3H3,(H,17,18). The van der Waals surface area contributed by atoms with E-state index in [-0.39, 0.29) is 0 Å². The quantitative estimate of drug-likeness (QED) is 0.819. The van der Waals surface area contributed by atoms with Crippen LogP contribution >= 0.6 is 0 Å². The van der Waals surface area contributed by atoms with Gasteiger partial charge >= 0.3 is 6.09 Å². The predicted octanol–water partition coefficient (Wildman–Crippen LogP) is 2.49. The summed E-state index contributed by atoms with van der Waals surface area (Å²) in [6.45, 7) is 6.05. The first kappa shape index (κ1) is 13.8. The molecule has 1 aliphatic rings. The molecule has 0 aromatic carbocycles. The predicted molar refractivity (Wildman–Crippen MR) is 72.4 cm³/mol. The number of carbonyl (C=O) groups is 1. The minimum absolute atomic E-state index is 0.469. The number of pyridine rings is 1. The van der Waals surface area contributed by atoms with Gasteiger partial charge in [-0.3, -0.25) is 10.4 Å². The van der Waals surface area contributed by atoms with Gasteiger partial charge in [0.15, 0.2) is 0 Å². The first-order valence-electron chi connectivity index (χ1n) is 6.61. The maximum atomic E-state index is 11.4. The molecule has 2 N–H and O–H groups in total. The molecule has 1 aliphatic carbocycles. The Bertz CT molecular complexity index is 450. The molecule has 0 atom stereocenters. The van der Waals surface area contributed by atoms with Gasteiger partial charge in [0.2, 0.25) is 0 Å². The normalized spacial score (nSPS) is 15.1. The summed E-state index contributed by atoms with van der Waals surface area (Å²) in [7, 11) is 0. The maximum Gasteiger partial charge on any atom is 0.422 e. The number of nitrogens with zero attached hydrogens (tertiary/aromatic N) is 1. The summed E-state index contributed by atoms with van der Waals surface area (Å²) in [5.41, 5.74) is 7.15. The molecule has 0 spiro atoms. The van der Waals surface area contributed by atoms with Crippen molar-refractivity contribution >= 4 is 6.09 Å². The lowest BCUT2D eigenvalue weighted by Crippen LogP contribution is -2.40. The average molecular weight is 263 g/mol. The van der Waals surface area contributed by atoms with Gasteiger partial charge < -0.3 is 4.74 Å². The highest BCUT2D eigenvalue weighted by atomic mass is 16.6. The Labute approximate surface area is 113 Å². The maximum absolute atomic E-state index is 11.4. The third kappa shape index (κ3) is 4.87. The van der Waals surface area contributed by atoms with E-state index < -0.39 is 11.7 Å². The third-order valence-corrected chi connectivity index (χ3v) is 2.72.